The lowest BCUT2D eigenvalue weighted by molar-refractivity contribution is -0.137. The predicted molar refractivity (Wildman–Crippen MR) is 142 cm³/mol. The van der Waals surface area contributed by atoms with Gasteiger partial charge in [0.25, 0.3) is 5.91 Å². The monoisotopic (exact) mass is 495 g/mol. The van der Waals surface area contributed by atoms with Crippen molar-refractivity contribution in [2.75, 3.05) is 39.4 Å². The number of nitrogens with zero attached hydrogens (tertiary/aromatic N) is 1. The normalized spacial score (nSPS) is 15.4. The number of nitrogens with one attached hydrogen (secondary N) is 2. The van der Waals surface area contributed by atoms with Gasteiger partial charge in [-0.2, -0.15) is 0 Å². The number of hydrogen-bond donors (Lipinski definition) is 2. The maximum Gasteiger partial charge on any atom is 0.264 e. The van der Waals surface area contributed by atoms with E-state index in [0.29, 0.717) is 24.6 Å². The molecule has 2 amide bonds. The summed E-state index contributed by atoms with van der Waals surface area (Å²) in [5.41, 5.74) is 1.04. The van der Waals surface area contributed by atoms with Gasteiger partial charge in [-0.3, -0.25) is 14.5 Å². The number of rotatable bonds is 12. The first-order chi connectivity index (χ1) is 17.2. The molecular weight excluding hydrogens is 454 g/mol. The topological polar surface area (TPSA) is 79.9 Å². The summed E-state index contributed by atoms with van der Waals surface area (Å²) in [6.45, 7) is 12.5. The third-order valence-corrected chi connectivity index (χ3v) is 6.43. The Balaban J connectivity index is 1.59. The Hall–Kier alpha value is -2.90. The molecule has 1 aliphatic heterocycles. The van der Waals surface area contributed by atoms with Gasteiger partial charge >= 0.3 is 0 Å². The number of carbonyl (C=O) groups excluding carboxylic acids is 2. The molecular formula is C29H41N3O4. The molecule has 0 unspecified atom stereocenters. The third kappa shape index (κ3) is 8.64. The van der Waals surface area contributed by atoms with Crippen molar-refractivity contribution in [1.82, 2.24) is 15.5 Å². The number of ether oxygens (including phenoxy) is 2. The van der Waals surface area contributed by atoms with Crippen LogP contribution < -0.4 is 15.4 Å². The van der Waals surface area contributed by atoms with Crippen LogP contribution in [-0.2, 0) is 20.7 Å². The van der Waals surface area contributed by atoms with Crippen LogP contribution in [0.25, 0.3) is 0 Å². The highest BCUT2D eigenvalue weighted by Gasteiger charge is 2.33. The van der Waals surface area contributed by atoms with Crippen molar-refractivity contribution in [2.24, 2.45) is 0 Å². The van der Waals surface area contributed by atoms with E-state index in [4.69, 9.17) is 9.47 Å². The van der Waals surface area contributed by atoms with Crippen LogP contribution in [0.15, 0.2) is 54.6 Å². The van der Waals surface area contributed by atoms with Crippen LogP contribution in [0.4, 0.5) is 0 Å². The average molecular weight is 496 g/mol. The summed E-state index contributed by atoms with van der Waals surface area (Å²) in [6.07, 6.45) is 1.25. The summed E-state index contributed by atoms with van der Waals surface area (Å²) < 4.78 is 11.4. The molecule has 196 valence electrons. The van der Waals surface area contributed by atoms with E-state index in [2.05, 4.69) is 29.4 Å². The van der Waals surface area contributed by atoms with E-state index in [0.717, 1.165) is 44.8 Å². The van der Waals surface area contributed by atoms with E-state index in [1.807, 2.05) is 54.6 Å². The summed E-state index contributed by atoms with van der Waals surface area (Å²) in [5, 5.41) is 5.96. The first-order valence-corrected chi connectivity index (χ1v) is 13.0. The van der Waals surface area contributed by atoms with Crippen LogP contribution in [0.1, 0.15) is 51.2 Å². The zero-order chi connectivity index (χ0) is 26.0. The SMILES string of the molecule is CC(C)c1ccc(OC(C)(C)C(=O)N[C@H](Cc2ccccc2)C(=O)NCCCN2CCOCC2)cc1. The zero-order valence-electron chi connectivity index (χ0n) is 22.1. The van der Waals surface area contributed by atoms with Gasteiger partial charge in [-0.05, 0) is 56.0 Å². The summed E-state index contributed by atoms with van der Waals surface area (Å²) in [7, 11) is 0. The van der Waals surface area contributed by atoms with Crippen LogP contribution >= 0.6 is 0 Å². The summed E-state index contributed by atoms with van der Waals surface area (Å²) in [4.78, 5) is 28.7. The molecule has 1 atom stereocenters. The van der Waals surface area contributed by atoms with E-state index in [1.54, 1.807) is 13.8 Å². The molecule has 2 aromatic rings. The van der Waals surface area contributed by atoms with Crippen molar-refractivity contribution >= 4 is 11.8 Å². The molecule has 2 N–H and O–H groups in total. The quantitative estimate of drug-likeness (QED) is 0.441. The van der Waals surface area contributed by atoms with Gasteiger partial charge in [-0.1, -0.05) is 56.3 Å². The van der Waals surface area contributed by atoms with Gasteiger partial charge in [-0.15, -0.1) is 0 Å². The Kier molecular flexibility index (Phi) is 10.3. The molecule has 7 nitrogen and oxygen atoms in total. The molecule has 1 saturated heterocycles. The molecule has 0 spiro atoms. The molecule has 1 heterocycles. The summed E-state index contributed by atoms with van der Waals surface area (Å²) in [5.74, 6) is 0.513. The molecule has 1 fully saturated rings. The van der Waals surface area contributed by atoms with Crippen LogP contribution in [0.3, 0.4) is 0 Å². The number of benzene rings is 2. The smallest absolute Gasteiger partial charge is 0.264 e. The van der Waals surface area contributed by atoms with Crippen LogP contribution in [0, 0.1) is 0 Å². The van der Waals surface area contributed by atoms with Gasteiger partial charge < -0.3 is 20.1 Å². The van der Waals surface area contributed by atoms with Crippen molar-refractivity contribution < 1.29 is 19.1 Å². The highest BCUT2D eigenvalue weighted by Crippen LogP contribution is 2.22. The van der Waals surface area contributed by atoms with Crippen LogP contribution in [-0.4, -0.2) is 67.7 Å². The Morgan fingerprint density at radius 2 is 1.69 bits per heavy atom. The highest BCUT2D eigenvalue weighted by atomic mass is 16.5. The number of morpholine rings is 1. The lowest BCUT2D eigenvalue weighted by Crippen LogP contribution is -2.55. The maximum atomic E-state index is 13.3. The minimum Gasteiger partial charge on any atom is -0.478 e. The van der Waals surface area contributed by atoms with Crippen molar-refractivity contribution in [1.29, 1.82) is 0 Å². The fraction of sp³-hybridized carbons (Fsp3) is 0.517. The van der Waals surface area contributed by atoms with Crippen molar-refractivity contribution in [3.8, 4) is 5.75 Å². The van der Waals surface area contributed by atoms with Crippen molar-refractivity contribution in [3.63, 3.8) is 0 Å². The number of amides is 2. The van der Waals surface area contributed by atoms with E-state index >= 15 is 0 Å². The Labute approximate surface area is 215 Å². The van der Waals surface area contributed by atoms with E-state index in [1.165, 1.54) is 5.56 Å². The molecule has 0 aromatic heterocycles. The van der Waals surface area contributed by atoms with Crippen molar-refractivity contribution in [3.05, 3.63) is 65.7 Å². The second kappa shape index (κ2) is 13.4. The number of carbonyl (C=O) groups is 2. The minimum atomic E-state index is -1.15. The van der Waals surface area contributed by atoms with Gasteiger partial charge in [0.2, 0.25) is 5.91 Å². The summed E-state index contributed by atoms with van der Waals surface area (Å²) in [6, 6.07) is 16.8. The molecule has 2 aromatic carbocycles. The Bertz CT molecular complexity index is 954. The fourth-order valence-corrected chi connectivity index (χ4v) is 4.12. The van der Waals surface area contributed by atoms with E-state index < -0.39 is 11.6 Å². The largest absolute Gasteiger partial charge is 0.478 e. The first kappa shape index (κ1) is 27.7. The van der Waals surface area contributed by atoms with Crippen molar-refractivity contribution in [2.45, 2.75) is 58.1 Å². The number of hydrogen-bond acceptors (Lipinski definition) is 5. The second-order valence-corrected chi connectivity index (χ2v) is 10.2. The Morgan fingerprint density at radius 3 is 2.33 bits per heavy atom. The standard InChI is InChI=1S/C29H41N3O4/c1-22(2)24-11-13-25(14-12-24)36-29(3,4)28(34)31-26(21-23-9-6-5-7-10-23)27(33)30-15-8-16-32-17-19-35-20-18-32/h5-7,9-14,22,26H,8,15-21H2,1-4H3,(H,30,33)(H,31,34)/t26-/m1/s1. The predicted octanol–water partition coefficient (Wildman–Crippen LogP) is 3.53. The second-order valence-electron chi connectivity index (χ2n) is 10.2. The first-order valence-electron chi connectivity index (χ1n) is 13.0. The molecule has 0 saturated carbocycles. The molecule has 0 bridgehead atoms. The summed E-state index contributed by atoms with van der Waals surface area (Å²) >= 11 is 0. The van der Waals surface area contributed by atoms with Crippen LogP contribution in [0.5, 0.6) is 5.75 Å². The lowest BCUT2D eigenvalue weighted by atomic mass is 10.0. The molecule has 7 heteroatoms. The van der Waals surface area contributed by atoms with Crippen LogP contribution in [0.2, 0.25) is 0 Å². The molecule has 36 heavy (non-hydrogen) atoms. The maximum absolute atomic E-state index is 13.3. The van der Waals surface area contributed by atoms with Gasteiger partial charge in [0, 0.05) is 26.1 Å². The molecule has 0 aliphatic carbocycles. The average Bonchev–Trinajstić information content (AvgIpc) is 2.87. The molecule has 1 aliphatic rings. The van der Waals surface area contributed by atoms with E-state index in [-0.39, 0.29) is 11.8 Å². The van der Waals surface area contributed by atoms with Gasteiger partial charge in [0.15, 0.2) is 5.60 Å². The van der Waals surface area contributed by atoms with Gasteiger partial charge in [-0.25, -0.2) is 0 Å². The lowest BCUT2D eigenvalue weighted by Gasteiger charge is -2.28. The fourth-order valence-electron chi connectivity index (χ4n) is 4.12. The van der Waals surface area contributed by atoms with E-state index in [9.17, 15) is 9.59 Å². The van der Waals surface area contributed by atoms with Gasteiger partial charge in [0.1, 0.15) is 11.8 Å². The zero-order valence-corrected chi connectivity index (χ0v) is 22.1. The molecule has 3 rings (SSSR count). The van der Waals surface area contributed by atoms with Gasteiger partial charge in [0.05, 0.1) is 13.2 Å². The highest BCUT2D eigenvalue weighted by molar-refractivity contribution is 5.91. The third-order valence-electron chi connectivity index (χ3n) is 6.43. The molecule has 0 radical (unpaired) electrons. The Morgan fingerprint density at radius 1 is 1.03 bits per heavy atom. The minimum absolute atomic E-state index is 0.189.